The third kappa shape index (κ3) is 6.88. The van der Waals surface area contributed by atoms with Crippen molar-refractivity contribution in [1.82, 2.24) is 10.2 Å². The molecule has 13 heteroatoms. The Morgan fingerprint density at radius 3 is 2.44 bits per heavy atom. The van der Waals surface area contributed by atoms with Gasteiger partial charge in [0.15, 0.2) is 0 Å². The Hall–Kier alpha value is -3.31. The normalized spacial score (nSPS) is 16.4. The molecule has 0 saturated carbocycles. The van der Waals surface area contributed by atoms with Crippen molar-refractivity contribution in [2.45, 2.75) is 31.5 Å². The molecule has 8 nitrogen and oxygen atoms in total. The second kappa shape index (κ2) is 11.6. The molecule has 1 fully saturated rings. The number of nitrogens with zero attached hydrogens (tertiary/aromatic N) is 2. The molecule has 1 unspecified atom stereocenters. The molecule has 1 aliphatic rings. The molecule has 0 aromatic heterocycles. The van der Waals surface area contributed by atoms with Crippen LogP contribution in [0.25, 0.3) is 0 Å². The number of piperidine rings is 1. The average Bonchev–Trinajstić information content (AvgIpc) is 2.84. The van der Waals surface area contributed by atoms with Gasteiger partial charge in [-0.05, 0) is 55.7 Å². The highest BCUT2D eigenvalue weighted by Crippen LogP contribution is 2.26. The number of rotatable bonds is 5. The molecule has 4 amide bonds. The molecule has 192 valence electrons. The number of hydrogen-bond donors (Lipinski definition) is 3. The number of anilines is 1. The number of aliphatic imine (C=N–C) groups is 1. The van der Waals surface area contributed by atoms with Gasteiger partial charge in [0, 0.05) is 24.3 Å². The molecule has 3 rings (SSSR count). The Balaban J connectivity index is 1.62. The smallest absolute Gasteiger partial charge is 0.383 e. The number of likely N-dealkylation sites (tertiary alicyclic amines) is 1. The number of nitrogens with two attached hydrogens (primary N) is 1. The highest BCUT2D eigenvalue weighted by Gasteiger charge is 2.38. The van der Waals surface area contributed by atoms with Crippen LogP contribution in [0.1, 0.15) is 35.2 Å². The first-order valence-electron chi connectivity index (χ1n) is 10.8. The van der Waals surface area contributed by atoms with E-state index >= 15 is 0 Å². The van der Waals surface area contributed by atoms with Gasteiger partial charge in [0.1, 0.15) is 5.84 Å². The molecular formula is C23H22Cl2F3N5O3. The van der Waals surface area contributed by atoms with Gasteiger partial charge < -0.3 is 21.3 Å². The van der Waals surface area contributed by atoms with Gasteiger partial charge in [-0.2, -0.15) is 18.2 Å². The van der Waals surface area contributed by atoms with Crippen molar-refractivity contribution in [3.05, 3.63) is 63.6 Å². The van der Waals surface area contributed by atoms with Crippen LogP contribution in [0.2, 0.25) is 10.0 Å². The SMILES string of the molecule is NC(=NC(=O)C(F)(F)F)c1ccc(NC(=O)N2CCCCC2CNC(=O)c2cccc(Cl)c2Cl)cc1. The maximum Gasteiger partial charge on any atom is 0.473 e. The van der Waals surface area contributed by atoms with E-state index < -0.39 is 29.9 Å². The maximum atomic E-state index is 12.9. The lowest BCUT2D eigenvalue weighted by molar-refractivity contribution is -0.169. The Labute approximate surface area is 214 Å². The van der Waals surface area contributed by atoms with Gasteiger partial charge in [0.25, 0.3) is 5.91 Å². The molecule has 1 saturated heterocycles. The first-order valence-corrected chi connectivity index (χ1v) is 11.6. The van der Waals surface area contributed by atoms with Gasteiger partial charge in [-0.1, -0.05) is 29.3 Å². The topological polar surface area (TPSA) is 117 Å². The molecule has 0 radical (unpaired) electrons. The molecule has 1 aliphatic heterocycles. The molecule has 1 atom stereocenters. The Bertz CT molecular complexity index is 1170. The number of urea groups is 1. The minimum absolute atomic E-state index is 0.0869. The summed E-state index contributed by atoms with van der Waals surface area (Å²) in [6.07, 6.45) is -2.77. The van der Waals surface area contributed by atoms with E-state index in [0.717, 1.165) is 12.8 Å². The van der Waals surface area contributed by atoms with E-state index in [-0.39, 0.29) is 33.8 Å². The van der Waals surface area contributed by atoms with Crippen LogP contribution in [-0.4, -0.2) is 53.9 Å². The number of hydrogen-bond acceptors (Lipinski definition) is 3. The number of amidine groups is 1. The number of amides is 4. The van der Waals surface area contributed by atoms with E-state index in [0.29, 0.717) is 18.7 Å². The first-order chi connectivity index (χ1) is 17.0. The average molecular weight is 544 g/mol. The van der Waals surface area contributed by atoms with Crippen LogP contribution < -0.4 is 16.4 Å². The Morgan fingerprint density at radius 2 is 1.78 bits per heavy atom. The summed E-state index contributed by atoms with van der Waals surface area (Å²) in [5, 5.41) is 5.91. The molecule has 0 spiro atoms. The van der Waals surface area contributed by atoms with Crippen molar-refractivity contribution in [3.63, 3.8) is 0 Å². The van der Waals surface area contributed by atoms with Gasteiger partial charge >= 0.3 is 18.1 Å². The van der Waals surface area contributed by atoms with E-state index in [2.05, 4.69) is 15.6 Å². The van der Waals surface area contributed by atoms with E-state index in [1.54, 1.807) is 23.1 Å². The number of benzene rings is 2. The number of nitrogens with one attached hydrogen (secondary N) is 2. The van der Waals surface area contributed by atoms with Crippen molar-refractivity contribution < 1.29 is 27.6 Å². The molecular weight excluding hydrogens is 522 g/mol. The third-order valence-electron chi connectivity index (χ3n) is 5.48. The fourth-order valence-corrected chi connectivity index (χ4v) is 4.01. The summed E-state index contributed by atoms with van der Waals surface area (Å²) in [5.74, 6) is -3.31. The zero-order valence-electron chi connectivity index (χ0n) is 18.7. The molecule has 1 heterocycles. The van der Waals surface area contributed by atoms with Crippen LogP contribution in [0.3, 0.4) is 0 Å². The zero-order valence-corrected chi connectivity index (χ0v) is 20.3. The van der Waals surface area contributed by atoms with Gasteiger partial charge in [-0.3, -0.25) is 9.59 Å². The predicted molar refractivity (Wildman–Crippen MR) is 130 cm³/mol. The van der Waals surface area contributed by atoms with Crippen LogP contribution in [0, 0.1) is 0 Å². The lowest BCUT2D eigenvalue weighted by Gasteiger charge is -2.35. The standard InChI is InChI=1S/C23H22Cl2F3N5O3/c24-17-6-3-5-16(18(17)25)20(34)30-12-15-4-1-2-11-33(15)22(36)31-14-9-7-13(8-10-14)19(29)32-21(35)23(26,27)28/h3,5-10,15H,1-2,4,11-12H2,(H,30,34)(H,31,36)(H2,29,32,35). The lowest BCUT2D eigenvalue weighted by Crippen LogP contribution is -2.50. The zero-order chi connectivity index (χ0) is 26.5. The summed E-state index contributed by atoms with van der Waals surface area (Å²) in [6, 6.07) is 9.58. The van der Waals surface area contributed by atoms with Crippen molar-refractivity contribution in [1.29, 1.82) is 0 Å². The summed E-state index contributed by atoms with van der Waals surface area (Å²) < 4.78 is 37.1. The third-order valence-corrected chi connectivity index (χ3v) is 6.30. The Kier molecular flexibility index (Phi) is 8.80. The van der Waals surface area contributed by atoms with Crippen molar-refractivity contribution in [2.75, 3.05) is 18.4 Å². The number of carbonyl (C=O) groups excluding carboxylic acids is 3. The van der Waals surface area contributed by atoms with E-state index in [4.69, 9.17) is 28.9 Å². The van der Waals surface area contributed by atoms with Crippen molar-refractivity contribution >= 4 is 52.6 Å². The predicted octanol–water partition coefficient (Wildman–Crippen LogP) is 4.60. The summed E-state index contributed by atoms with van der Waals surface area (Å²) in [6.45, 7) is 0.676. The minimum Gasteiger partial charge on any atom is -0.383 e. The second-order valence-corrected chi connectivity index (χ2v) is 8.75. The van der Waals surface area contributed by atoms with Crippen LogP contribution in [0.15, 0.2) is 47.5 Å². The summed E-state index contributed by atoms with van der Waals surface area (Å²) in [5.41, 5.74) is 6.16. The number of alkyl halides is 3. The van der Waals surface area contributed by atoms with E-state index in [1.165, 1.54) is 24.3 Å². The van der Waals surface area contributed by atoms with Crippen LogP contribution in [-0.2, 0) is 4.79 Å². The van der Waals surface area contributed by atoms with Gasteiger partial charge in [0.05, 0.1) is 21.7 Å². The molecule has 2 aromatic rings. The van der Waals surface area contributed by atoms with Crippen LogP contribution >= 0.6 is 23.2 Å². The molecule has 36 heavy (non-hydrogen) atoms. The lowest BCUT2D eigenvalue weighted by atomic mass is 10.0. The van der Waals surface area contributed by atoms with Gasteiger partial charge in [0.2, 0.25) is 0 Å². The maximum absolute atomic E-state index is 12.9. The number of halogens is 5. The van der Waals surface area contributed by atoms with Gasteiger partial charge in [-0.15, -0.1) is 0 Å². The largest absolute Gasteiger partial charge is 0.473 e. The van der Waals surface area contributed by atoms with Crippen molar-refractivity contribution in [3.8, 4) is 0 Å². The Morgan fingerprint density at radius 1 is 1.08 bits per heavy atom. The van der Waals surface area contributed by atoms with Crippen LogP contribution in [0.5, 0.6) is 0 Å². The summed E-state index contributed by atoms with van der Waals surface area (Å²) >= 11 is 12.1. The quantitative estimate of drug-likeness (QED) is 0.377. The fourth-order valence-electron chi connectivity index (χ4n) is 3.62. The summed E-state index contributed by atoms with van der Waals surface area (Å²) in [7, 11) is 0. The summed E-state index contributed by atoms with van der Waals surface area (Å²) in [4.78, 5) is 40.9. The molecule has 0 bridgehead atoms. The second-order valence-electron chi connectivity index (χ2n) is 7.96. The highest BCUT2D eigenvalue weighted by molar-refractivity contribution is 6.43. The molecule has 2 aromatic carbocycles. The minimum atomic E-state index is -5.12. The fraction of sp³-hybridized carbons (Fsp3) is 0.304. The number of carbonyl (C=O) groups is 3. The first kappa shape index (κ1) is 27.3. The van der Waals surface area contributed by atoms with E-state index in [9.17, 15) is 27.6 Å². The highest BCUT2D eigenvalue weighted by atomic mass is 35.5. The van der Waals surface area contributed by atoms with E-state index in [1.807, 2.05) is 0 Å². The molecule has 0 aliphatic carbocycles. The van der Waals surface area contributed by atoms with Crippen LogP contribution in [0.4, 0.5) is 23.7 Å². The molecule has 4 N–H and O–H groups in total. The van der Waals surface area contributed by atoms with Gasteiger partial charge in [-0.25, -0.2) is 4.79 Å². The van der Waals surface area contributed by atoms with Crippen molar-refractivity contribution in [2.24, 2.45) is 10.7 Å². The monoisotopic (exact) mass is 543 g/mol.